The summed E-state index contributed by atoms with van der Waals surface area (Å²) in [4.78, 5) is 32.0. The molecular weight excluding hydrogens is 1560 g/mol. The molecule has 0 atom stereocenters. The van der Waals surface area contributed by atoms with Crippen molar-refractivity contribution >= 4 is 65.3 Å². The topological polar surface area (TPSA) is 114 Å². The zero-order chi connectivity index (χ0) is 92.0. The first-order valence-corrected chi connectivity index (χ1v) is 44.9. The first kappa shape index (κ1) is 92.3. The molecule has 0 saturated heterocycles. The summed E-state index contributed by atoms with van der Waals surface area (Å²) in [6.45, 7) is 48.1. The molecule has 18 rings (SSSR count). The Hall–Kier alpha value is -13.4. The largest absolute Gasteiger partial charge is 0.287 e. The molecule has 12 aromatic heterocycles. The van der Waals surface area contributed by atoms with E-state index in [9.17, 15) is 0 Å². The lowest BCUT2D eigenvalue weighted by atomic mass is 9.94. The molecule has 13 heteroatoms. The molecule has 0 aliphatic rings. The highest BCUT2D eigenvalue weighted by Gasteiger charge is 2.27. The Morgan fingerprint density at radius 1 is 0.273 bits per heavy atom. The zero-order valence-electron chi connectivity index (χ0n) is 80.8. The third-order valence-corrected chi connectivity index (χ3v) is 25.2. The molecule has 128 heavy (non-hydrogen) atoms. The van der Waals surface area contributed by atoms with Gasteiger partial charge in [-0.3, -0.25) is 24.9 Å². The number of hydrogen-bond donors (Lipinski definition) is 0. The van der Waals surface area contributed by atoms with Crippen molar-refractivity contribution in [3.8, 4) is 67.5 Å². The molecule has 0 bridgehead atoms. The number of benzene rings is 6. The molecule has 0 fully saturated rings. The summed E-state index contributed by atoms with van der Waals surface area (Å²) in [7, 11) is 12.6. The minimum atomic E-state index is 0.429. The number of rotatable bonds is 10. The van der Waals surface area contributed by atoms with Gasteiger partial charge in [0.05, 0.1) is 78.3 Å². The number of aryl methyl sites for hydroxylation is 17. The van der Waals surface area contributed by atoms with Crippen LogP contribution < -0.4 is 27.4 Å². The lowest BCUT2D eigenvalue weighted by molar-refractivity contribution is -0.662. The van der Waals surface area contributed by atoms with E-state index in [0.29, 0.717) is 17.8 Å². The second-order valence-electron chi connectivity index (χ2n) is 36.4. The first-order chi connectivity index (χ1) is 61.0. The summed E-state index contributed by atoms with van der Waals surface area (Å²) < 4.78 is 13.1. The highest BCUT2D eigenvalue weighted by Crippen LogP contribution is 2.38. The highest BCUT2D eigenvalue weighted by atomic mass is 15.0. The quantitative estimate of drug-likeness (QED) is 0.125. The molecule has 12 heterocycles. The highest BCUT2D eigenvalue weighted by molar-refractivity contribution is 5.97. The Morgan fingerprint density at radius 2 is 0.680 bits per heavy atom. The van der Waals surface area contributed by atoms with Crippen LogP contribution in [-0.4, -0.2) is 34.9 Å². The van der Waals surface area contributed by atoms with Gasteiger partial charge in [0, 0.05) is 94.7 Å². The minimum Gasteiger partial charge on any atom is -0.264 e. The Bertz CT molecular complexity index is 7100. The zero-order valence-corrected chi connectivity index (χ0v) is 80.8. The van der Waals surface area contributed by atoms with Gasteiger partial charge in [0.1, 0.15) is 35.2 Å². The molecule has 648 valence electrons. The smallest absolute Gasteiger partial charge is 0.264 e. The standard InChI is InChI=1S/C22H27N2.2C21H25N2.2C18H19N2.C15H14N3/c1-14(2)11-18-7-8-19-21(23-18)9-10-24(6)22(19)20-13-15(3)12-16(4)17(20)5;1-13(2)20-11-19-17(12-22-20)7-8-23(6)21(19)18-10-14(3)9-15(4)16(18)5;1-13(2)19-8-7-17-20(22-19)9-10-23(6)21(17)18-12-14(3)11-15(4)16(18)5;1-12-9-13(2)14(3)17(10-12)18-16-5-7-19-11-15(16)6-8-20(18)4;1-12-10-13(2)14(3)16(11-12)18-15-6-5-8-19-17(15)7-9-20(18)4;1-11-6-3-4-7-12(11)15-14-13(8-5-9-16-14)17-10-18(15)2/h7-10,12-14H,11H2,1-6H3;2*7-13H,1-6H3;2*5-11H,1-4H3;3-10H,1-2H3/q6*+1. The van der Waals surface area contributed by atoms with E-state index in [1.54, 1.807) is 0 Å². The minimum absolute atomic E-state index is 0.429. The first-order valence-electron chi connectivity index (χ1n) is 44.9. The fourth-order valence-electron chi connectivity index (χ4n) is 17.7. The molecule has 0 unspecified atom stereocenters. The Labute approximate surface area is 759 Å². The molecule has 0 aliphatic carbocycles. The van der Waals surface area contributed by atoms with Gasteiger partial charge in [-0.15, -0.1) is 0 Å². The SMILES string of the molecule is Cc1cc(C)c(C)c(-c2c3cc(C(C)C)ncc3cc[n+]2C)c1.Cc1cc(C)c(C)c(-c2c3ccc(C(C)C)nc3cc[n+]2C)c1.Cc1cc(C)c(C)c(-c2c3ccc(CC(C)C)nc3cc[n+]2C)c1.Cc1cc(C)c(C)c(-c2c3cccnc3cc[n+]2C)c1.Cc1cc(C)c(C)c(-c2c3ccncc3cc[n+]2C)c1.Cc1ccccc1-c1c2ncccc2nc[n+]1C. The summed E-state index contributed by atoms with van der Waals surface area (Å²) in [5.41, 5.74) is 44.8. The van der Waals surface area contributed by atoms with Crippen LogP contribution in [0.5, 0.6) is 0 Å². The monoisotopic (exact) mass is 1690 g/mol. The Morgan fingerprint density at radius 3 is 1.15 bits per heavy atom. The van der Waals surface area contributed by atoms with Crippen LogP contribution in [0.3, 0.4) is 0 Å². The average Bonchev–Trinajstić information content (AvgIpc) is 0.784. The maximum atomic E-state index is 4.90. The number of fused-ring (bicyclic) bond motifs is 6. The molecule has 0 amide bonds. The number of hydrogen-bond acceptors (Lipinski definition) is 7. The van der Waals surface area contributed by atoms with Crippen LogP contribution in [0, 0.1) is 117 Å². The van der Waals surface area contributed by atoms with Crippen molar-refractivity contribution in [3.63, 3.8) is 0 Å². The number of nitrogens with zero attached hydrogens (tertiary/aromatic N) is 13. The van der Waals surface area contributed by atoms with E-state index in [1.165, 1.54) is 194 Å². The average molecular weight is 1690 g/mol. The molecule has 0 saturated carbocycles. The van der Waals surface area contributed by atoms with Gasteiger partial charge in [-0.2, -0.15) is 0 Å². The van der Waals surface area contributed by atoms with E-state index in [0.717, 1.165) is 51.1 Å². The van der Waals surface area contributed by atoms with E-state index in [4.69, 9.17) is 9.97 Å². The molecule has 0 spiro atoms. The van der Waals surface area contributed by atoms with Crippen molar-refractivity contribution < 1.29 is 27.4 Å². The van der Waals surface area contributed by atoms with E-state index in [-0.39, 0.29) is 0 Å². The van der Waals surface area contributed by atoms with Gasteiger partial charge in [0.2, 0.25) is 34.0 Å². The summed E-state index contributed by atoms with van der Waals surface area (Å²) in [6, 6.07) is 62.8. The second-order valence-corrected chi connectivity index (χ2v) is 36.4. The summed E-state index contributed by atoms with van der Waals surface area (Å²) >= 11 is 0. The summed E-state index contributed by atoms with van der Waals surface area (Å²) in [6.07, 6.45) is 22.9. The maximum absolute atomic E-state index is 4.90. The van der Waals surface area contributed by atoms with Crippen molar-refractivity contribution in [1.29, 1.82) is 0 Å². The van der Waals surface area contributed by atoms with Crippen LogP contribution in [0.15, 0.2) is 244 Å². The maximum Gasteiger partial charge on any atom is 0.287 e. The van der Waals surface area contributed by atoms with E-state index in [2.05, 4.69) is 424 Å². The van der Waals surface area contributed by atoms with Crippen molar-refractivity contribution in [2.24, 2.45) is 48.2 Å². The van der Waals surface area contributed by atoms with Gasteiger partial charge >= 0.3 is 0 Å². The van der Waals surface area contributed by atoms with Gasteiger partial charge in [0.25, 0.3) is 6.33 Å². The van der Waals surface area contributed by atoms with Crippen LogP contribution in [0.1, 0.15) is 159 Å². The summed E-state index contributed by atoms with van der Waals surface area (Å²) in [5, 5.41) is 8.54. The van der Waals surface area contributed by atoms with Crippen molar-refractivity contribution in [2.75, 3.05) is 0 Å². The lowest BCUT2D eigenvalue weighted by Crippen LogP contribution is -2.32. The molecule has 0 aliphatic heterocycles. The predicted molar refractivity (Wildman–Crippen MR) is 530 cm³/mol. The van der Waals surface area contributed by atoms with Crippen LogP contribution in [0.25, 0.3) is 133 Å². The van der Waals surface area contributed by atoms with Crippen LogP contribution in [0.2, 0.25) is 0 Å². The predicted octanol–water partition coefficient (Wildman–Crippen LogP) is 24.1. The second kappa shape index (κ2) is 39.7. The van der Waals surface area contributed by atoms with Crippen LogP contribution in [-0.2, 0) is 48.7 Å². The van der Waals surface area contributed by atoms with Crippen LogP contribution in [0.4, 0.5) is 0 Å². The van der Waals surface area contributed by atoms with Crippen molar-refractivity contribution in [1.82, 2.24) is 34.9 Å². The fourth-order valence-corrected chi connectivity index (χ4v) is 17.7. The third-order valence-electron chi connectivity index (χ3n) is 25.2. The Kier molecular flexibility index (Phi) is 28.6. The fraction of sp³-hybridized carbons (Fsp3) is 0.278. The van der Waals surface area contributed by atoms with Crippen molar-refractivity contribution in [3.05, 3.63) is 350 Å². The van der Waals surface area contributed by atoms with Gasteiger partial charge < -0.3 is 0 Å². The molecule has 0 N–H and O–H groups in total. The lowest BCUT2D eigenvalue weighted by Gasteiger charge is -2.12. The number of aromatic nitrogens is 13. The summed E-state index contributed by atoms with van der Waals surface area (Å²) in [5.74, 6) is 1.49. The van der Waals surface area contributed by atoms with E-state index < -0.39 is 0 Å². The molecule has 13 nitrogen and oxygen atoms in total. The van der Waals surface area contributed by atoms with Crippen LogP contribution >= 0.6 is 0 Å². The van der Waals surface area contributed by atoms with Gasteiger partial charge in [-0.25, -0.2) is 32.4 Å². The third kappa shape index (κ3) is 20.2. The molecular formula is C115H129N13+6. The molecule has 18 aromatic rings. The van der Waals surface area contributed by atoms with Crippen molar-refractivity contribution in [2.45, 2.75) is 171 Å². The normalized spacial score (nSPS) is 11.2. The number of pyridine rings is 11. The Balaban J connectivity index is 0.000000132. The van der Waals surface area contributed by atoms with E-state index >= 15 is 0 Å². The molecule has 6 aromatic carbocycles. The van der Waals surface area contributed by atoms with Gasteiger partial charge in [-0.05, 0) is 292 Å². The van der Waals surface area contributed by atoms with Gasteiger partial charge in [-0.1, -0.05) is 124 Å². The molecule has 0 radical (unpaired) electrons. The van der Waals surface area contributed by atoms with Gasteiger partial charge in [0.15, 0.2) is 42.2 Å². The van der Waals surface area contributed by atoms with E-state index in [1.807, 2.05) is 67.1 Å².